The molecule has 0 saturated carbocycles. The van der Waals surface area contributed by atoms with Gasteiger partial charge < -0.3 is 9.80 Å². The zero-order valence-electron chi connectivity index (χ0n) is 18.6. The van der Waals surface area contributed by atoms with E-state index in [1.807, 2.05) is 30.3 Å². The number of halogens is 3. The average molecular weight is 528 g/mol. The Hall–Kier alpha value is -2.86. The largest absolute Gasteiger partial charge is 0.360 e. The molecule has 8 heteroatoms. The summed E-state index contributed by atoms with van der Waals surface area (Å²) >= 11 is 18.7. The van der Waals surface area contributed by atoms with Gasteiger partial charge in [0.2, 0.25) is 5.91 Å². The third-order valence-electron chi connectivity index (χ3n) is 6.68. The lowest BCUT2D eigenvalue weighted by Gasteiger charge is -2.43. The molecule has 1 aliphatic carbocycles. The van der Waals surface area contributed by atoms with Crippen LogP contribution in [0.25, 0.3) is 0 Å². The molecular weight excluding hydrogens is 507 g/mol. The van der Waals surface area contributed by atoms with Crippen LogP contribution in [-0.4, -0.2) is 42.0 Å². The Balaban J connectivity index is 1.39. The van der Waals surface area contributed by atoms with Crippen molar-refractivity contribution < 1.29 is 14.4 Å². The first-order chi connectivity index (χ1) is 16.8. The van der Waals surface area contributed by atoms with Gasteiger partial charge in [0.05, 0.1) is 22.7 Å². The second-order valence-electron chi connectivity index (χ2n) is 8.73. The molecule has 1 atom stereocenters. The Bertz CT molecular complexity index is 1290. The van der Waals surface area contributed by atoms with Gasteiger partial charge >= 0.3 is 0 Å². The number of amides is 1. The molecule has 1 aliphatic heterocycles. The maximum atomic E-state index is 13.3. The molecule has 5 nitrogen and oxygen atoms in total. The van der Waals surface area contributed by atoms with Gasteiger partial charge in [-0.2, -0.15) is 0 Å². The summed E-state index contributed by atoms with van der Waals surface area (Å²) in [6.07, 6.45) is -0.138. The Kier molecular flexibility index (Phi) is 6.58. The molecule has 35 heavy (non-hydrogen) atoms. The number of benzene rings is 3. The van der Waals surface area contributed by atoms with Crippen LogP contribution in [-0.2, 0) is 4.79 Å². The first-order valence-corrected chi connectivity index (χ1v) is 12.4. The molecule has 0 radical (unpaired) electrons. The summed E-state index contributed by atoms with van der Waals surface area (Å²) in [6.45, 7) is 1.33. The van der Waals surface area contributed by atoms with Crippen molar-refractivity contribution in [3.8, 4) is 0 Å². The highest BCUT2D eigenvalue weighted by atomic mass is 35.5. The number of Topliss-reactive ketones (excluding diaryl/α,β-unsaturated/α-hetero) is 2. The van der Waals surface area contributed by atoms with Crippen LogP contribution in [0.2, 0.25) is 15.1 Å². The second kappa shape index (κ2) is 9.65. The monoisotopic (exact) mass is 526 g/mol. The van der Waals surface area contributed by atoms with E-state index >= 15 is 0 Å². The molecule has 5 rings (SSSR count). The van der Waals surface area contributed by atoms with Crippen molar-refractivity contribution in [2.24, 2.45) is 5.92 Å². The zero-order valence-corrected chi connectivity index (χ0v) is 20.9. The standard InChI is InChI=1S/C27H21Cl3N2O3/c28-17-7-5-16(6-8-17)24-15-31(11-12-32(24)23-10-9-18(29)13-22(23)30)25(33)14-21-26(34)19-3-1-2-4-20(19)27(21)35/h1-10,13,21,24H,11-12,14-15H2. The molecule has 3 aromatic rings. The van der Waals surface area contributed by atoms with Crippen molar-refractivity contribution in [2.75, 3.05) is 24.5 Å². The molecule has 0 N–H and O–H groups in total. The Morgan fingerprint density at radius 2 is 1.46 bits per heavy atom. The first kappa shape index (κ1) is 23.9. The Labute approximate surface area is 218 Å². The number of carbonyl (C=O) groups excluding carboxylic acids is 3. The topological polar surface area (TPSA) is 57.7 Å². The van der Waals surface area contributed by atoms with Crippen molar-refractivity contribution in [1.82, 2.24) is 4.90 Å². The molecule has 1 saturated heterocycles. The number of fused-ring (bicyclic) bond motifs is 1. The Morgan fingerprint density at radius 1 is 0.829 bits per heavy atom. The smallest absolute Gasteiger partial charge is 0.223 e. The van der Waals surface area contributed by atoms with Crippen LogP contribution in [0.4, 0.5) is 5.69 Å². The van der Waals surface area contributed by atoms with Gasteiger partial charge in [-0.15, -0.1) is 0 Å². The van der Waals surface area contributed by atoms with Crippen molar-refractivity contribution in [3.63, 3.8) is 0 Å². The molecule has 0 aromatic heterocycles. The summed E-state index contributed by atoms with van der Waals surface area (Å²) in [5, 5.41) is 1.69. The summed E-state index contributed by atoms with van der Waals surface area (Å²) in [5.74, 6) is -1.73. The fourth-order valence-electron chi connectivity index (χ4n) is 4.88. The lowest BCUT2D eigenvalue weighted by molar-refractivity contribution is -0.132. The molecule has 178 valence electrons. The lowest BCUT2D eigenvalue weighted by atomic mass is 9.97. The summed E-state index contributed by atoms with van der Waals surface area (Å²) < 4.78 is 0. The fourth-order valence-corrected chi connectivity index (χ4v) is 5.52. The highest BCUT2D eigenvalue weighted by Gasteiger charge is 2.41. The van der Waals surface area contributed by atoms with E-state index in [0.717, 1.165) is 11.3 Å². The number of hydrogen-bond donors (Lipinski definition) is 0. The molecule has 1 amide bonds. The number of rotatable bonds is 4. The van der Waals surface area contributed by atoms with Gasteiger partial charge in [0.15, 0.2) is 11.6 Å². The summed E-state index contributed by atoms with van der Waals surface area (Å²) in [4.78, 5) is 42.8. The first-order valence-electron chi connectivity index (χ1n) is 11.3. The van der Waals surface area contributed by atoms with E-state index in [4.69, 9.17) is 34.8 Å². The lowest BCUT2D eigenvalue weighted by Crippen LogP contribution is -2.51. The number of carbonyl (C=O) groups is 3. The predicted molar refractivity (Wildman–Crippen MR) is 138 cm³/mol. The third kappa shape index (κ3) is 4.56. The van der Waals surface area contributed by atoms with Gasteiger partial charge in [-0.3, -0.25) is 14.4 Å². The van der Waals surface area contributed by atoms with Crippen molar-refractivity contribution in [1.29, 1.82) is 0 Å². The minimum absolute atomic E-state index is 0.138. The Morgan fingerprint density at radius 3 is 2.09 bits per heavy atom. The maximum absolute atomic E-state index is 13.3. The highest BCUT2D eigenvalue weighted by Crippen LogP contribution is 2.37. The molecule has 1 unspecified atom stereocenters. The quantitative estimate of drug-likeness (QED) is 0.384. The molecule has 0 spiro atoms. The summed E-state index contributed by atoms with van der Waals surface area (Å²) in [5.41, 5.74) is 2.59. The van der Waals surface area contributed by atoms with Crippen molar-refractivity contribution in [2.45, 2.75) is 12.5 Å². The van der Waals surface area contributed by atoms with Crippen LogP contribution in [0.1, 0.15) is 38.7 Å². The zero-order chi connectivity index (χ0) is 24.7. The van der Waals surface area contributed by atoms with Gasteiger partial charge in [0.25, 0.3) is 0 Å². The number of piperazine rings is 1. The van der Waals surface area contributed by atoms with Crippen LogP contribution in [0.15, 0.2) is 66.7 Å². The van der Waals surface area contributed by atoms with E-state index < -0.39 is 5.92 Å². The maximum Gasteiger partial charge on any atom is 0.223 e. The second-order valence-corrected chi connectivity index (χ2v) is 10.0. The van der Waals surface area contributed by atoms with Crippen LogP contribution >= 0.6 is 34.8 Å². The van der Waals surface area contributed by atoms with Gasteiger partial charge in [-0.25, -0.2) is 0 Å². The molecule has 0 bridgehead atoms. The van der Waals surface area contributed by atoms with E-state index in [1.54, 1.807) is 41.3 Å². The molecule has 1 heterocycles. The van der Waals surface area contributed by atoms with E-state index in [0.29, 0.717) is 45.8 Å². The molecule has 1 fully saturated rings. The third-order valence-corrected chi connectivity index (χ3v) is 7.47. The molecule has 2 aliphatic rings. The predicted octanol–water partition coefficient (Wildman–Crippen LogP) is 6.12. The van der Waals surface area contributed by atoms with E-state index in [-0.39, 0.29) is 29.9 Å². The van der Waals surface area contributed by atoms with Gasteiger partial charge in [-0.1, -0.05) is 71.2 Å². The SMILES string of the molecule is O=C1c2ccccc2C(=O)C1CC(=O)N1CCN(c2ccc(Cl)cc2Cl)C(c2ccc(Cl)cc2)C1. The normalized spacial score (nSPS) is 18.2. The van der Waals surface area contributed by atoms with E-state index in [1.165, 1.54) is 0 Å². The van der Waals surface area contributed by atoms with Crippen molar-refractivity contribution >= 4 is 58.0 Å². The summed E-state index contributed by atoms with van der Waals surface area (Å²) in [6, 6.07) is 19.4. The average Bonchev–Trinajstić information content (AvgIpc) is 3.09. The summed E-state index contributed by atoms with van der Waals surface area (Å²) in [7, 11) is 0. The number of anilines is 1. The van der Waals surface area contributed by atoms with Gasteiger partial charge in [0.1, 0.15) is 0 Å². The van der Waals surface area contributed by atoms with Gasteiger partial charge in [0, 0.05) is 47.2 Å². The van der Waals surface area contributed by atoms with Crippen LogP contribution in [0.5, 0.6) is 0 Å². The van der Waals surface area contributed by atoms with Crippen LogP contribution in [0, 0.1) is 5.92 Å². The minimum Gasteiger partial charge on any atom is -0.360 e. The molecule has 3 aromatic carbocycles. The number of nitrogens with zero attached hydrogens (tertiary/aromatic N) is 2. The highest BCUT2D eigenvalue weighted by molar-refractivity contribution is 6.36. The van der Waals surface area contributed by atoms with Gasteiger partial charge in [-0.05, 0) is 35.9 Å². The molecular formula is C27H21Cl3N2O3. The van der Waals surface area contributed by atoms with Crippen LogP contribution < -0.4 is 4.90 Å². The number of hydrogen-bond acceptors (Lipinski definition) is 4. The van der Waals surface area contributed by atoms with Crippen LogP contribution in [0.3, 0.4) is 0 Å². The van der Waals surface area contributed by atoms with E-state index in [2.05, 4.69) is 4.90 Å². The fraction of sp³-hybridized carbons (Fsp3) is 0.222. The van der Waals surface area contributed by atoms with Crippen molar-refractivity contribution in [3.05, 3.63) is 98.5 Å². The number of ketones is 2. The van der Waals surface area contributed by atoms with E-state index in [9.17, 15) is 14.4 Å². The minimum atomic E-state index is -0.961.